The Morgan fingerprint density at radius 2 is 2.47 bits per heavy atom. The van der Waals surface area contributed by atoms with Gasteiger partial charge < -0.3 is 10.6 Å². The number of hydrogen-bond donors (Lipinski definition) is 1. The highest BCUT2D eigenvalue weighted by Crippen LogP contribution is 2.33. The van der Waals surface area contributed by atoms with Gasteiger partial charge in [0.1, 0.15) is 0 Å². The van der Waals surface area contributed by atoms with Gasteiger partial charge in [-0.1, -0.05) is 6.92 Å². The van der Waals surface area contributed by atoms with Crippen LogP contribution in [0.25, 0.3) is 0 Å². The minimum Gasteiger partial charge on any atom is -0.366 e. The van der Waals surface area contributed by atoms with Crippen LogP contribution in [0.15, 0.2) is 23.2 Å². The number of primary amides is 1. The Kier molecular flexibility index (Phi) is 2.77. The molecule has 4 heteroatoms. The van der Waals surface area contributed by atoms with Gasteiger partial charge in [0.25, 0.3) is 0 Å². The summed E-state index contributed by atoms with van der Waals surface area (Å²) < 4.78 is 0. The van der Waals surface area contributed by atoms with E-state index in [1.54, 1.807) is 11.3 Å². The molecule has 0 aromatic carbocycles. The first-order valence-electron chi connectivity index (χ1n) is 5.06. The van der Waals surface area contributed by atoms with Crippen LogP contribution < -0.4 is 10.6 Å². The number of fused-ring (bicyclic) bond motifs is 1. The quantitative estimate of drug-likeness (QED) is 0.849. The molecule has 1 aromatic rings. The summed E-state index contributed by atoms with van der Waals surface area (Å²) in [5, 5.41) is 3.31. The first kappa shape index (κ1) is 10.2. The molecule has 0 spiro atoms. The molecule has 1 aromatic heterocycles. The number of thiophene rings is 1. The van der Waals surface area contributed by atoms with E-state index < -0.39 is 0 Å². The molecule has 1 aliphatic rings. The van der Waals surface area contributed by atoms with E-state index in [1.165, 1.54) is 10.6 Å². The van der Waals surface area contributed by atoms with E-state index in [0.717, 1.165) is 13.0 Å². The predicted molar refractivity (Wildman–Crippen MR) is 62.9 cm³/mol. The van der Waals surface area contributed by atoms with Crippen molar-refractivity contribution in [2.75, 3.05) is 11.4 Å². The van der Waals surface area contributed by atoms with E-state index in [0.29, 0.717) is 12.0 Å². The third-order valence-electron chi connectivity index (χ3n) is 2.46. The Hall–Kier alpha value is -1.29. The largest absolute Gasteiger partial charge is 0.366 e. The molecule has 0 aliphatic carbocycles. The van der Waals surface area contributed by atoms with Crippen molar-refractivity contribution in [2.24, 2.45) is 5.73 Å². The third kappa shape index (κ3) is 1.90. The Morgan fingerprint density at radius 1 is 1.67 bits per heavy atom. The lowest BCUT2D eigenvalue weighted by molar-refractivity contribution is -0.114. The van der Waals surface area contributed by atoms with Crippen molar-refractivity contribution in [1.29, 1.82) is 0 Å². The number of hydrogen-bond acceptors (Lipinski definition) is 3. The van der Waals surface area contributed by atoms with E-state index in [-0.39, 0.29) is 5.91 Å². The maximum atomic E-state index is 11.2. The van der Waals surface area contributed by atoms with Crippen LogP contribution in [0.3, 0.4) is 0 Å². The van der Waals surface area contributed by atoms with Crippen LogP contribution in [0.2, 0.25) is 0 Å². The third-order valence-corrected chi connectivity index (χ3v) is 3.45. The molecule has 0 saturated carbocycles. The van der Waals surface area contributed by atoms with Crippen molar-refractivity contribution in [3.63, 3.8) is 0 Å². The van der Waals surface area contributed by atoms with E-state index >= 15 is 0 Å². The summed E-state index contributed by atoms with van der Waals surface area (Å²) in [6.45, 7) is 3.06. The van der Waals surface area contributed by atoms with Crippen molar-refractivity contribution in [3.8, 4) is 0 Å². The summed E-state index contributed by atoms with van der Waals surface area (Å²) in [6.07, 6.45) is 3.62. The lowest BCUT2D eigenvalue weighted by Crippen LogP contribution is -2.26. The van der Waals surface area contributed by atoms with Gasteiger partial charge in [0, 0.05) is 24.7 Å². The van der Waals surface area contributed by atoms with Crippen LogP contribution in [0.1, 0.15) is 18.9 Å². The monoisotopic (exact) mass is 222 g/mol. The van der Waals surface area contributed by atoms with Crippen molar-refractivity contribution in [1.82, 2.24) is 0 Å². The topological polar surface area (TPSA) is 46.3 Å². The summed E-state index contributed by atoms with van der Waals surface area (Å²) >= 11 is 1.72. The van der Waals surface area contributed by atoms with Gasteiger partial charge in [-0.15, -0.1) is 11.3 Å². The molecule has 2 rings (SSSR count). The SMILES string of the molecule is CCCN1C=C(C(N)=O)Cc2ccsc21. The zero-order valence-electron chi connectivity index (χ0n) is 8.69. The van der Waals surface area contributed by atoms with E-state index in [1.807, 2.05) is 6.20 Å². The van der Waals surface area contributed by atoms with Crippen LogP contribution in [0, 0.1) is 0 Å². The summed E-state index contributed by atoms with van der Waals surface area (Å²) in [4.78, 5) is 13.3. The second kappa shape index (κ2) is 4.06. The predicted octanol–water partition coefficient (Wildman–Crippen LogP) is 1.89. The van der Waals surface area contributed by atoms with E-state index in [9.17, 15) is 4.79 Å². The molecule has 80 valence electrons. The normalized spacial score (nSPS) is 14.7. The van der Waals surface area contributed by atoms with Gasteiger partial charge in [-0.05, 0) is 23.4 Å². The lowest BCUT2D eigenvalue weighted by atomic mass is 10.0. The van der Waals surface area contributed by atoms with Crippen LogP contribution in [-0.2, 0) is 11.2 Å². The number of nitrogens with two attached hydrogens (primary N) is 1. The summed E-state index contributed by atoms with van der Waals surface area (Å²) in [7, 11) is 0. The Morgan fingerprint density at radius 3 is 3.13 bits per heavy atom. The number of anilines is 1. The Labute approximate surface area is 93.2 Å². The van der Waals surface area contributed by atoms with Crippen molar-refractivity contribution < 1.29 is 4.79 Å². The molecule has 0 atom stereocenters. The number of amides is 1. The Bertz CT molecular complexity index is 408. The van der Waals surface area contributed by atoms with Gasteiger partial charge in [-0.25, -0.2) is 0 Å². The molecule has 0 fully saturated rings. The van der Waals surface area contributed by atoms with Crippen LogP contribution in [-0.4, -0.2) is 12.5 Å². The summed E-state index contributed by atoms with van der Waals surface area (Å²) in [6, 6.07) is 2.07. The van der Waals surface area contributed by atoms with Crippen LogP contribution in [0.4, 0.5) is 5.00 Å². The molecule has 1 amide bonds. The van der Waals surface area contributed by atoms with Gasteiger partial charge in [-0.2, -0.15) is 0 Å². The van der Waals surface area contributed by atoms with Gasteiger partial charge in [-0.3, -0.25) is 4.79 Å². The molecule has 0 bridgehead atoms. The maximum Gasteiger partial charge on any atom is 0.246 e. The average molecular weight is 222 g/mol. The number of carbonyl (C=O) groups excluding carboxylic acids is 1. The van der Waals surface area contributed by atoms with Crippen LogP contribution in [0.5, 0.6) is 0 Å². The average Bonchev–Trinajstić information content (AvgIpc) is 2.65. The highest BCUT2D eigenvalue weighted by Gasteiger charge is 2.20. The number of rotatable bonds is 3. The van der Waals surface area contributed by atoms with E-state index in [2.05, 4.69) is 23.3 Å². The summed E-state index contributed by atoms with van der Waals surface area (Å²) in [5.41, 5.74) is 7.24. The van der Waals surface area contributed by atoms with Gasteiger partial charge in [0.05, 0.1) is 5.00 Å². The lowest BCUT2D eigenvalue weighted by Gasteiger charge is -2.25. The molecule has 2 heterocycles. The maximum absolute atomic E-state index is 11.2. The molecule has 0 unspecified atom stereocenters. The Balaban J connectivity index is 2.33. The summed E-state index contributed by atoms with van der Waals surface area (Å²) in [5.74, 6) is -0.312. The fraction of sp³-hybridized carbons (Fsp3) is 0.364. The molecule has 2 N–H and O–H groups in total. The highest BCUT2D eigenvalue weighted by atomic mass is 32.1. The molecule has 15 heavy (non-hydrogen) atoms. The van der Waals surface area contributed by atoms with Crippen molar-refractivity contribution in [3.05, 3.63) is 28.8 Å². The fourth-order valence-electron chi connectivity index (χ4n) is 1.77. The highest BCUT2D eigenvalue weighted by molar-refractivity contribution is 7.14. The van der Waals surface area contributed by atoms with Crippen LogP contribution >= 0.6 is 11.3 Å². The molecule has 1 aliphatic heterocycles. The van der Waals surface area contributed by atoms with Crippen molar-refractivity contribution >= 4 is 22.2 Å². The zero-order chi connectivity index (χ0) is 10.8. The molecule has 0 radical (unpaired) electrons. The second-order valence-electron chi connectivity index (χ2n) is 3.64. The zero-order valence-corrected chi connectivity index (χ0v) is 9.51. The first-order chi connectivity index (χ1) is 7.22. The fourth-order valence-corrected chi connectivity index (χ4v) is 2.70. The smallest absolute Gasteiger partial charge is 0.246 e. The standard InChI is InChI=1S/C11H14N2OS/c1-2-4-13-7-9(10(12)14)6-8-3-5-15-11(8)13/h3,5,7H,2,4,6H2,1H3,(H2,12,14). The van der Waals surface area contributed by atoms with Gasteiger partial charge in [0.2, 0.25) is 5.91 Å². The molecule has 3 nitrogen and oxygen atoms in total. The number of nitrogens with zero attached hydrogens (tertiary/aromatic N) is 1. The minimum absolute atomic E-state index is 0.312. The minimum atomic E-state index is -0.312. The second-order valence-corrected chi connectivity index (χ2v) is 4.53. The van der Waals surface area contributed by atoms with Gasteiger partial charge >= 0.3 is 0 Å². The molecular formula is C11H14N2OS. The molecular weight excluding hydrogens is 208 g/mol. The number of carbonyl (C=O) groups is 1. The van der Waals surface area contributed by atoms with Gasteiger partial charge in [0.15, 0.2) is 0 Å². The van der Waals surface area contributed by atoms with E-state index in [4.69, 9.17) is 5.73 Å². The molecule has 0 saturated heterocycles. The first-order valence-corrected chi connectivity index (χ1v) is 5.94. The van der Waals surface area contributed by atoms with Crippen molar-refractivity contribution in [2.45, 2.75) is 19.8 Å².